The maximum Gasteiger partial charge on any atom is 0.321 e. The maximum absolute atomic E-state index is 12.3. The number of carbonyl (C=O) groups excluding carboxylic acids is 2. The fourth-order valence-electron chi connectivity index (χ4n) is 2.98. The van der Waals surface area contributed by atoms with Crippen LogP contribution in [-0.2, 0) is 13.0 Å². The van der Waals surface area contributed by atoms with Crippen molar-refractivity contribution in [2.24, 2.45) is 0 Å². The summed E-state index contributed by atoms with van der Waals surface area (Å²) in [5, 5.41) is 9.37. The van der Waals surface area contributed by atoms with E-state index in [2.05, 4.69) is 20.8 Å². The molecule has 0 bridgehead atoms. The van der Waals surface area contributed by atoms with E-state index in [1.807, 2.05) is 37.3 Å². The SMILES string of the molecule is Cc1ccc(NC(=O)N(C)CCc2noc(C(=O)NCc3ccc4c(c3)OCO4)n2)cc1. The summed E-state index contributed by atoms with van der Waals surface area (Å²) in [5.41, 5.74) is 2.68. The number of ether oxygens (including phenoxy) is 2. The molecule has 3 amide bonds. The number of aromatic nitrogens is 2. The van der Waals surface area contributed by atoms with Gasteiger partial charge in [-0.05, 0) is 36.8 Å². The Morgan fingerprint density at radius 2 is 1.88 bits per heavy atom. The summed E-state index contributed by atoms with van der Waals surface area (Å²) in [6.07, 6.45) is 0.344. The molecule has 1 aliphatic heterocycles. The van der Waals surface area contributed by atoms with Gasteiger partial charge in [0, 0.05) is 32.2 Å². The van der Waals surface area contributed by atoms with Gasteiger partial charge in [-0.25, -0.2) is 4.79 Å². The van der Waals surface area contributed by atoms with Gasteiger partial charge in [0.05, 0.1) is 0 Å². The van der Waals surface area contributed by atoms with Crippen LogP contribution in [0.25, 0.3) is 0 Å². The quantitative estimate of drug-likeness (QED) is 0.583. The summed E-state index contributed by atoms with van der Waals surface area (Å²) in [4.78, 5) is 30.2. The predicted molar refractivity (Wildman–Crippen MR) is 115 cm³/mol. The molecule has 0 fully saturated rings. The molecule has 2 heterocycles. The zero-order chi connectivity index (χ0) is 22.5. The average molecular weight is 437 g/mol. The second-order valence-electron chi connectivity index (χ2n) is 7.35. The molecule has 0 saturated carbocycles. The molecule has 2 aromatic carbocycles. The lowest BCUT2D eigenvalue weighted by atomic mass is 10.2. The Balaban J connectivity index is 1.24. The van der Waals surface area contributed by atoms with E-state index in [1.165, 1.54) is 4.90 Å². The lowest BCUT2D eigenvalue weighted by molar-refractivity contribution is 0.0907. The van der Waals surface area contributed by atoms with Crippen LogP contribution < -0.4 is 20.1 Å². The lowest BCUT2D eigenvalue weighted by Gasteiger charge is -2.17. The van der Waals surface area contributed by atoms with Gasteiger partial charge in [-0.3, -0.25) is 4.79 Å². The van der Waals surface area contributed by atoms with E-state index < -0.39 is 5.91 Å². The first-order valence-corrected chi connectivity index (χ1v) is 10.1. The number of fused-ring (bicyclic) bond motifs is 1. The number of amides is 3. The van der Waals surface area contributed by atoms with Crippen LogP contribution in [0.1, 0.15) is 27.6 Å². The Morgan fingerprint density at radius 1 is 1.09 bits per heavy atom. The molecule has 3 aromatic rings. The molecule has 2 N–H and O–H groups in total. The molecule has 32 heavy (non-hydrogen) atoms. The van der Waals surface area contributed by atoms with Gasteiger partial charge in [0.2, 0.25) is 6.79 Å². The second kappa shape index (κ2) is 9.38. The highest BCUT2D eigenvalue weighted by Gasteiger charge is 2.18. The Labute approximate surface area is 184 Å². The average Bonchev–Trinajstić information content (AvgIpc) is 3.46. The number of anilines is 1. The van der Waals surface area contributed by atoms with Crippen LogP contribution in [0.5, 0.6) is 11.5 Å². The van der Waals surface area contributed by atoms with E-state index in [0.29, 0.717) is 36.0 Å². The molecule has 0 radical (unpaired) electrons. The van der Waals surface area contributed by atoms with Gasteiger partial charge >= 0.3 is 17.8 Å². The number of hydrogen-bond acceptors (Lipinski definition) is 7. The molecule has 0 unspecified atom stereocenters. The molecule has 1 aliphatic rings. The van der Waals surface area contributed by atoms with Gasteiger partial charge in [0.25, 0.3) is 0 Å². The first-order chi connectivity index (χ1) is 15.5. The number of benzene rings is 2. The number of rotatable bonds is 7. The van der Waals surface area contributed by atoms with Crippen LogP contribution in [0.4, 0.5) is 10.5 Å². The highest BCUT2D eigenvalue weighted by molar-refractivity contribution is 5.89. The van der Waals surface area contributed by atoms with E-state index in [9.17, 15) is 9.59 Å². The molecule has 0 aliphatic carbocycles. The molecule has 1 aromatic heterocycles. The van der Waals surface area contributed by atoms with Gasteiger partial charge in [-0.1, -0.05) is 28.9 Å². The fraction of sp³-hybridized carbons (Fsp3) is 0.273. The predicted octanol–water partition coefficient (Wildman–Crippen LogP) is 2.74. The summed E-state index contributed by atoms with van der Waals surface area (Å²) < 4.78 is 15.6. The summed E-state index contributed by atoms with van der Waals surface area (Å²) in [5.74, 6) is 1.05. The molecule has 0 atom stereocenters. The minimum absolute atomic E-state index is 0.132. The van der Waals surface area contributed by atoms with Gasteiger partial charge < -0.3 is 29.5 Å². The summed E-state index contributed by atoms with van der Waals surface area (Å²) in [7, 11) is 1.67. The van der Waals surface area contributed by atoms with Crippen LogP contribution in [0.15, 0.2) is 47.0 Å². The number of nitrogens with zero attached hydrogens (tertiary/aromatic N) is 3. The van der Waals surface area contributed by atoms with Crippen LogP contribution in [0.2, 0.25) is 0 Å². The number of carbonyl (C=O) groups is 2. The van der Waals surface area contributed by atoms with E-state index in [4.69, 9.17) is 14.0 Å². The van der Waals surface area contributed by atoms with Crippen molar-refractivity contribution < 1.29 is 23.6 Å². The van der Waals surface area contributed by atoms with Gasteiger partial charge in [0.1, 0.15) is 0 Å². The summed E-state index contributed by atoms with van der Waals surface area (Å²) in [6, 6.07) is 12.7. The van der Waals surface area contributed by atoms with Crippen LogP contribution >= 0.6 is 0 Å². The van der Waals surface area contributed by atoms with Gasteiger partial charge in [0.15, 0.2) is 17.3 Å². The molecule has 0 spiro atoms. The van der Waals surface area contributed by atoms with Crippen molar-refractivity contribution in [1.82, 2.24) is 20.4 Å². The monoisotopic (exact) mass is 437 g/mol. The van der Waals surface area contributed by atoms with Crippen molar-refractivity contribution in [3.63, 3.8) is 0 Å². The van der Waals surface area contributed by atoms with E-state index in [-0.39, 0.29) is 25.3 Å². The van der Waals surface area contributed by atoms with Gasteiger partial charge in [-0.2, -0.15) is 4.98 Å². The van der Waals surface area contributed by atoms with Crippen molar-refractivity contribution in [2.75, 3.05) is 25.7 Å². The van der Waals surface area contributed by atoms with Crippen molar-refractivity contribution >= 4 is 17.6 Å². The minimum atomic E-state index is -0.480. The fourth-order valence-corrected chi connectivity index (χ4v) is 2.98. The standard InChI is InChI=1S/C22H23N5O5/c1-14-3-6-16(7-4-14)24-22(29)27(2)10-9-19-25-21(32-26-19)20(28)23-12-15-5-8-17-18(11-15)31-13-30-17/h3-8,11H,9-10,12-13H2,1-2H3,(H,23,28)(H,24,29). The maximum atomic E-state index is 12.3. The highest BCUT2D eigenvalue weighted by Crippen LogP contribution is 2.32. The molecule has 10 nitrogen and oxygen atoms in total. The Hall–Kier alpha value is -4.08. The normalized spacial score (nSPS) is 11.8. The van der Waals surface area contributed by atoms with E-state index in [0.717, 1.165) is 11.1 Å². The number of nitrogens with one attached hydrogen (secondary N) is 2. The van der Waals surface area contributed by atoms with Crippen molar-refractivity contribution in [3.8, 4) is 11.5 Å². The van der Waals surface area contributed by atoms with E-state index in [1.54, 1.807) is 19.2 Å². The summed E-state index contributed by atoms with van der Waals surface area (Å²) >= 11 is 0. The molecule has 10 heteroatoms. The van der Waals surface area contributed by atoms with E-state index >= 15 is 0 Å². The molecule has 166 valence electrons. The number of likely N-dealkylation sites (N-methyl/N-ethyl adjacent to an activating group) is 1. The molecular weight excluding hydrogens is 414 g/mol. The largest absolute Gasteiger partial charge is 0.454 e. The summed E-state index contributed by atoms with van der Waals surface area (Å²) in [6.45, 7) is 2.80. The first-order valence-electron chi connectivity index (χ1n) is 10.1. The van der Waals surface area contributed by atoms with Crippen LogP contribution in [0.3, 0.4) is 0 Å². The number of hydrogen-bond donors (Lipinski definition) is 2. The first kappa shape index (κ1) is 21.2. The molecule has 0 saturated heterocycles. The zero-order valence-electron chi connectivity index (χ0n) is 17.8. The molecule has 4 rings (SSSR count). The number of aryl methyl sites for hydroxylation is 1. The van der Waals surface area contributed by atoms with Crippen LogP contribution in [0, 0.1) is 6.92 Å². The third-order valence-electron chi connectivity index (χ3n) is 4.87. The van der Waals surface area contributed by atoms with Gasteiger partial charge in [-0.15, -0.1) is 0 Å². The molecular formula is C22H23N5O5. The topological polar surface area (TPSA) is 119 Å². The third-order valence-corrected chi connectivity index (χ3v) is 4.87. The lowest BCUT2D eigenvalue weighted by Crippen LogP contribution is -2.33. The Morgan fingerprint density at radius 3 is 2.69 bits per heavy atom. The van der Waals surface area contributed by atoms with Crippen molar-refractivity contribution in [1.29, 1.82) is 0 Å². The highest BCUT2D eigenvalue weighted by atomic mass is 16.7. The smallest absolute Gasteiger partial charge is 0.321 e. The van der Waals surface area contributed by atoms with Crippen molar-refractivity contribution in [3.05, 3.63) is 65.3 Å². The Kier molecular flexibility index (Phi) is 6.20. The minimum Gasteiger partial charge on any atom is -0.454 e. The zero-order valence-corrected chi connectivity index (χ0v) is 17.8. The number of urea groups is 1. The third kappa shape index (κ3) is 5.15. The van der Waals surface area contributed by atoms with Crippen molar-refractivity contribution in [2.45, 2.75) is 19.9 Å². The van der Waals surface area contributed by atoms with Crippen LogP contribution in [-0.4, -0.2) is 47.4 Å². The Bertz CT molecular complexity index is 1110. The second-order valence-corrected chi connectivity index (χ2v) is 7.35.